The summed E-state index contributed by atoms with van der Waals surface area (Å²) in [5, 5.41) is 9.57. The highest BCUT2D eigenvalue weighted by molar-refractivity contribution is 5.69. The van der Waals surface area contributed by atoms with E-state index in [0.717, 1.165) is 25.7 Å². The van der Waals surface area contributed by atoms with Crippen LogP contribution in [0.15, 0.2) is 36.5 Å². The lowest BCUT2D eigenvalue weighted by Crippen LogP contribution is -2.27. The predicted octanol–water partition coefficient (Wildman–Crippen LogP) is 12.5. The van der Waals surface area contributed by atoms with E-state index in [-0.39, 0.29) is 19.2 Å². The second-order valence-electron chi connectivity index (χ2n) is 13.0. The zero-order valence-corrected chi connectivity index (χ0v) is 30.1. The van der Waals surface area contributed by atoms with Gasteiger partial charge >= 0.3 is 5.97 Å². The van der Waals surface area contributed by atoms with Gasteiger partial charge in [0.15, 0.2) is 0 Å². The summed E-state index contributed by atoms with van der Waals surface area (Å²) in [7, 11) is 0. The summed E-state index contributed by atoms with van der Waals surface area (Å²) in [5.41, 5.74) is 0. The number of rotatable bonds is 36. The molecular weight excluding hydrogens is 556 g/mol. The van der Waals surface area contributed by atoms with E-state index in [1.54, 1.807) is 0 Å². The van der Waals surface area contributed by atoms with Gasteiger partial charge in [-0.15, -0.1) is 0 Å². The number of esters is 1. The fourth-order valence-electron chi connectivity index (χ4n) is 5.46. The Labute approximate surface area is 280 Å². The number of allylic oxidation sites excluding steroid dienone is 6. The van der Waals surface area contributed by atoms with Gasteiger partial charge in [-0.3, -0.25) is 4.79 Å². The van der Waals surface area contributed by atoms with Gasteiger partial charge in [-0.1, -0.05) is 159 Å². The molecule has 0 bridgehead atoms. The third kappa shape index (κ3) is 36.9. The minimum atomic E-state index is -0.540. The van der Waals surface area contributed by atoms with Gasteiger partial charge in [0.1, 0.15) is 6.10 Å². The molecule has 0 radical (unpaired) electrons. The fraction of sp³-hybridized carbons (Fsp3) is 0.829. The topological polar surface area (TPSA) is 55.8 Å². The van der Waals surface area contributed by atoms with Crippen LogP contribution in [0.5, 0.6) is 0 Å². The molecule has 0 aromatic carbocycles. The average molecular weight is 633 g/mol. The predicted molar refractivity (Wildman–Crippen MR) is 196 cm³/mol. The van der Waals surface area contributed by atoms with Crippen molar-refractivity contribution in [2.45, 2.75) is 200 Å². The van der Waals surface area contributed by atoms with Crippen molar-refractivity contribution in [3.63, 3.8) is 0 Å². The van der Waals surface area contributed by atoms with Crippen molar-refractivity contribution in [3.8, 4) is 0 Å². The van der Waals surface area contributed by atoms with Crippen molar-refractivity contribution >= 4 is 5.97 Å². The average Bonchev–Trinajstić information content (AvgIpc) is 3.05. The van der Waals surface area contributed by atoms with Crippen LogP contribution in [-0.4, -0.2) is 37.0 Å². The normalized spacial score (nSPS) is 12.7. The number of aliphatic hydroxyl groups excluding tert-OH is 1. The summed E-state index contributed by atoms with van der Waals surface area (Å²) in [6, 6.07) is 0. The Hall–Kier alpha value is -1.39. The lowest BCUT2D eigenvalue weighted by atomic mass is 10.1. The Balaban J connectivity index is 3.45. The van der Waals surface area contributed by atoms with Gasteiger partial charge in [-0.2, -0.15) is 0 Å². The number of aliphatic hydroxyl groups is 1. The smallest absolute Gasteiger partial charge is 0.306 e. The van der Waals surface area contributed by atoms with Crippen LogP contribution >= 0.6 is 0 Å². The zero-order chi connectivity index (χ0) is 32.7. The highest BCUT2D eigenvalue weighted by Gasteiger charge is 2.13. The Morgan fingerprint density at radius 2 is 0.956 bits per heavy atom. The largest absolute Gasteiger partial charge is 0.457 e. The minimum absolute atomic E-state index is 0.177. The molecular formula is C41H76O4. The zero-order valence-electron chi connectivity index (χ0n) is 30.1. The van der Waals surface area contributed by atoms with Crippen LogP contribution in [-0.2, 0) is 14.3 Å². The molecule has 264 valence electrons. The van der Waals surface area contributed by atoms with E-state index >= 15 is 0 Å². The van der Waals surface area contributed by atoms with E-state index < -0.39 is 6.10 Å². The third-order valence-electron chi connectivity index (χ3n) is 8.44. The second-order valence-corrected chi connectivity index (χ2v) is 13.0. The molecule has 0 fully saturated rings. The molecule has 0 aliphatic carbocycles. The molecule has 4 nitrogen and oxygen atoms in total. The molecule has 1 unspecified atom stereocenters. The number of ether oxygens (including phenoxy) is 2. The Morgan fingerprint density at radius 3 is 1.47 bits per heavy atom. The maximum Gasteiger partial charge on any atom is 0.306 e. The molecule has 0 rings (SSSR count). The molecule has 1 N–H and O–H groups in total. The maximum absolute atomic E-state index is 12.2. The molecule has 0 heterocycles. The summed E-state index contributed by atoms with van der Waals surface area (Å²) in [6.07, 6.45) is 47.6. The first kappa shape index (κ1) is 43.6. The quantitative estimate of drug-likeness (QED) is 0.0424. The first-order chi connectivity index (χ1) is 22.2. The molecule has 0 aromatic rings. The standard InChI is InChI=1S/C41H76O4/c1-3-5-7-9-11-13-15-17-19-20-21-22-24-26-28-30-32-34-36-41(43)45-40(38-42)39-44-37-35-33-31-29-27-25-23-18-16-14-12-10-8-6-4-2/h10,12,16,18-20,40,42H,3-9,11,13-15,17,21-39H2,1-2H3/b12-10-,18-16-,20-19-. The monoisotopic (exact) mass is 633 g/mol. The lowest BCUT2D eigenvalue weighted by Gasteiger charge is -2.15. The number of carbonyl (C=O) groups is 1. The van der Waals surface area contributed by atoms with Crippen molar-refractivity contribution in [3.05, 3.63) is 36.5 Å². The summed E-state index contributed by atoms with van der Waals surface area (Å²) in [4.78, 5) is 12.2. The van der Waals surface area contributed by atoms with Crippen LogP contribution in [0.4, 0.5) is 0 Å². The lowest BCUT2D eigenvalue weighted by molar-refractivity contribution is -0.154. The molecule has 0 amide bonds. The highest BCUT2D eigenvalue weighted by Crippen LogP contribution is 2.13. The van der Waals surface area contributed by atoms with Crippen LogP contribution in [0.3, 0.4) is 0 Å². The van der Waals surface area contributed by atoms with E-state index in [0.29, 0.717) is 13.0 Å². The number of carbonyl (C=O) groups excluding carboxylic acids is 1. The SMILES string of the molecule is CCCC/C=C\C/C=C\CCCCCCCCOCC(CO)OC(=O)CCCCCCCCC/C=C\CCCCCCCCC. The van der Waals surface area contributed by atoms with Crippen molar-refractivity contribution in [2.75, 3.05) is 19.8 Å². The van der Waals surface area contributed by atoms with E-state index in [2.05, 4.69) is 50.3 Å². The second kappa shape index (κ2) is 38.8. The molecule has 0 aromatic heterocycles. The van der Waals surface area contributed by atoms with Gasteiger partial charge < -0.3 is 14.6 Å². The first-order valence-corrected chi connectivity index (χ1v) is 19.6. The summed E-state index contributed by atoms with van der Waals surface area (Å²) in [5.74, 6) is -0.209. The van der Waals surface area contributed by atoms with Crippen LogP contribution in [0, 0.1) is 0 Å². The molecule has 0 spiro atoms. The number of unbranched alkanes of at least 4 members (excludes halogenated alkanes) is 22. The summed E-state index contributed by atoms with van der Waals surface area (Å²) in [6.45, 7) is 5.29. The molecule has 0 saturated carbocycles. The molecule has 0 aliphatic rings. The summed E-state index contributed by atoms with van der Waals surface area (Å²) < 4.78 is 11.1. The number of hydrogen-bond acceptors (Lipinski definition) is 4. The van der Waals surface area contributed by atoms with Crippen molar-refractivity contribution < 1.29 is 19.4 Å². The van der Waals surface area contributed by atoms with Gasteiger partial charge in [-0.05, 0) is 64.2 Å². The molecule has 45 heavy (non-hydrogen) atoms. The van der Waals surface area contributed by atoms with Gasteiger partial charge in [0, 0.05) is 13.0 Å². The van der Waals surface area contributed by atoms with Crippen LogP contribution in [0.25, 0.3) is 0 Å². The Bertz CT molecular complexity index is 668. The van der Waals surface area contributed by atoms with Crippen LogP contribution in [0.1, 0.15) is 194 Å². The first-order valence-electron chi connectivity index (χ1n) is 19.6. The van der Waals surface area contributed by atoms with E-state index in [1.165, 1.54) is 148 Å². The molecule has 0 aliphatic heterocycles. The van der Waals surface area contributed by atoms with E-state index in [1.807, 2.05) is 0 Å². The van der Waals surface area contributed by atoms with Gasteiger partial charge in [-0.25, -0.2) is 0 Å². The summed E-state index contributed by atoms with van der Waals surface area (Å²) >= 11 is 0. The fourth-order valence-corrected chi connectivity index (χ4v) is 5.46. The van der Waals surface area contributed by atoms with Crippen LogP contribution < -0.4 is 0 Å². The van der Waals surface area contributed by atoms with Gasteiger partial charge in [0.25, 0.3) is 0 Å². The molecule has 0 saturated heterocycles. The Kier molecular flexibility index (Phi) is 37.6. The minimum Gasteiger partial charge on any atom is -0.457 e. The van der Waals surface area contributed by atoms with E-state index in [4.69, 9.17) is 9.47 Å². The Morgan fingerprint density at radius 1 is 0.533 bits per heavy atom. The van der Waals surface area contributed by atoms with Gasteiger partial charge in [0.2, 0.25) is 0 Å². The van der Waals surface area contributed by atoms with E-state index in [9.17, 15) is 9.90 Å². The van der Waals surface area contributed by atoms with Crippen molar-refractivity contribution in [2.24, 2.45) is 0 Å². The van der Waals surface area contributed by atoms with Crippen LogP contribution in [0.2, 0.25) is 0 Å². The third-order valence-corrected chi connectivity index (χ3v) is 8.44. The maximum atomic E-state index is 12.2. The number of hydrogen-bond donors (Lipinski definition) is 1. The highest BCUT2D eigenvalue weighted by atomic mass is 16.6. The molecule has 4 heteroatoms. The van der Waals surface area contributed by atoms with Gasteiger partial charge in [0.05, 0.1) is 13.2 Å². The molecule has 1 atom stereocenters. The van der Waals surface area contributed by atoms with Crippen molar-refractivity contribution in [1.82, 2.24) is 0 Å². The van der Waals surface area contributed by atoms with Crippen molar-refractivity contribution in [1.29, 1.82) is 0 Å².